The van der Waals surface area contributed by atoms with Gasteiger partial charge >= 0.3 is 39.5 Å². The van der Waals surface area contributed by atoms with E-state index in [0.29, 0.717) is 25.7 Å². The van der Waals surface area contributed by atoms with Crippen LogP contribution in [0.3, 0.4) is 0 Å². The summed E-state index contributed by atoms with van der Waals surface area (Å²) in [5, 5.41) is 10.6. The molecule has 0 rings (SSSR count). The highest BCUT2D eigenvalue weighted by molar-refractivity contribution is 7.47. The van der Waals surface area contributed by atoms with Crippen molar-refractivity contribution in [3.63, 3.8) is 0 Å². The Balaban J connectivity index is 5.38. The van der Waals surface area contributed by atoms with Crippen LogP contribution in [0.4, 0.5) is 0 Å². The average Bonchev–Trinajstić information content (AvgIpc) is 0.923. The van der Waals surface area contributed by atoms with Crippen LogP contribution in [0, 0.1) is 0 Å². The van der Waals surface area contributed by atoms with E-state index in [9.17, 15) is 43.2 Å². The summed E-state index contributed by atoms with van der Waals surface area (Å²) in [7, 11) is -9.96. The molecule has 19 heteroatoms. The van der Waals surface area contributed by atoms with Crippen molar-refractivity contribution in [3.8, 4) is 0 Å². The minimum atomic E-state index is -4.99. The van der Waals surface area contributed by atoms with Crippen LogP contribution >= 0.6 is 15.6 Å². The highest BCUT2D eigenvalue weighted by atomic mass is 31.2. The van der Waals surface area contributed by atoms with Crippen molar-refractivity contribution in [2.45, 2.75) is 354 Å². The molecule has 0 aromatic rings. The van der Waals surface area contributed by atoms with Gasteiger partial charge in [-0.2, -0.15) is 0 Å². The standard InChI is InChI=1S/C83H144O17P2/c1-5-9-13-17-21-25-29-33-35-37-38-40-41-45-48-52-56-60-64-68-81(86)94-74-79(100-83(88)70-66-62-58-54-50-46-42-39-36-34-30-26-22-18-14-10-6-2)76-98-102(91,92)96-72-77(84)71-95-101(89,90)97-75-78(99-82(87)69-65-61-57-53-49-44-32-28-24-20-16-12-8-4)73-93-80(85)67-63-59-55-51-47-43-31-27-23-19-15-11-7-3/h9-10,13-14,21-22,25-27,31,33-36,38,40,45,48,77-79,84H,5-8,11-12,15-20,23-24,28-30,32,37,39,41-44,46-47,49-76H2,1-4H3,(H,89,90)(H,91,92)/b13-9-,14-10-,25-21-,26-22-,31-27-,35-33-,36-34-,40-38-,48-45-. The van der Waals surface area contributed by atoms with E-state index in [1.165, 1.54) is 77.0 Å². The van der Waals surface area contributed by atoms with E-state index in [2.05, 4.69) is 137 Å². The summed E-state index contributed by atoms with van der Waals surface area (Å²) in [6.45, 7) is 4.62. The second-order valence-corrected chi connectivity index (χ2v) is 29.5. The minimum Gasteiger partial charge on any atom is -0.462 e. The number of carbonyl (C=O) groups excluding carboxylic acids is 4. The molecule has 0 aliphatic heterocycles. The number of ether oxygens (including phenoxy) is 4. The average molecular weight is 1480 g/mol. The van der Waals surface area contributed by atoms with E-state index in [1.807, 2.05) is 0 Å². The lowest BCUT2D eigenvalue weighted by atomic mass is 10.0. The van der Waals surface area contributed by atoms with Gasteiger partial charge in [-0.3, -0.25) is 37.3 Å². The van der Waals surface area contributed by atoms with E-state index < -0.39 is 97.5 Å². The van der Waals surface area contributed by atoms with Gasteiger partial charge in [0.15, 0.2) is 12.2 Å². The second kappa shape index (κ2) is 75.0. The molecule has 0 radical (unpaired) electrons. The Morgan fingerprint density at radius 1 is 0.284 bits per heavy atom. The van der Waals surface area contributed by atoms with Crippen LogP contribution in [0.25, 0.3) is 0 Å². The maximum absolute atomic E-state index is 13.1. The van der Waals surface area contributed by atoms with Crippen molar-refractivity contribution in [2.75, 3.05) is 39.6 Å². The van der Waals surface area contributed by atoms with Crippen LogP contribution in [0.1, 0.15) is 336 Å². The molecule has 17 nitrogen and oxygen atoms in total. The largest absolute Gasteiger partial charge is 0.472 e. The first kappa shape index (κ1) is 97.7. The molecule has 0 amide bonds. The molecule has 0 aliphatic carbocycles. The molecular formula is C83H144O17P2. The zero-order chi connectivity index (χ0) is 74.6. The second-order valence-electron chi connectivity index (χ2n) is 26.6. The molecule has 102 heavy (non-hydrogen) atoms. The number of phosphoric acid groups is 2. The topological polar surface area (TPSA) is 237 Å². The van der Waals surface area contributed by atoms with Crippen molar-refractivity contribution in [1.82, 2.24) is 0 Å². The monoisotopic (exact) mass is 1470 g/mol. The molecule has 0 saturated heterocycles. The predicted molar refractivity (Wildman–Crippen MR) is 418 cm³/mol. The minimum absolute atomic E-state index is 0.0748. The molecule has 0 fully saturated rings. The highest BCUT2D eigenvalue weighted by Crippen LogP contribution is 2.45. The summed E-state index contributed by atoms with van der Waals surface area (Å²) in [5.41, 5.74) is 0. The third kappa shape index (κ3) is 74.0. The number of carbonyl (C=O) groups is 4. The fraction of sp³-hybridized carbons (Fsp3) is 0.735. The van der Waals surface area contributed by atoms with Gasteiger partial charge < -0.3 is 33.8 Å². The van der Waals surface area contributed by atoms with Crippen molar-refractivity contribution in [1.29, 1.82) is 0 Å². The predicted octanol–water partition coefficient (Wildman–Crippen LogP) is 23.3. The van der Waals surface area contributed by atoms with Crippen LogP contribution in [0.15, 0.2) is 109 Å². The molecule has 3 N–H and O–H groups in total. The maximum Gasteiger partial charge on any atom is 0.472 e. The highest BCUT2D eigenvalue weighted by Gasteiger charge is 2.30. The first-order chi connectivity index (χ1) is 49.7. The molecule has 0 spiro atoms. The van der Waals surface area contributed by atoms with Crippen LogP contribution < -0.4 is 0 Å². The Kier molecular flexibility index (Phi) is 71.8. The summed E-state index contributed by atoms with van der Waals surface area (Å²) in [4.78, 5) is 73.0. The first-order valence-corrected chi connectivity index (χ1v) is 43.1. The number of aliphatic hydroxyl groups is 1. The lowest BCUT2D eigenvalue weighted by Crippen LogP contribution is -2.30. The summed E-state index contributed by atoms with van der Waals surface area (Å²) < 4.78 is 68.6. The molecule has 5 atom stereocenters. The summed E-state index contributed by atoms with van der Waals surface area (Å²) in [5.74, 6) is -2.21. The van der Waals surface area contributed by atoms with Crippen LogP contribution in [0.5, 0.6) is 0 Å². The molecule has 5 unspecified atom stereocenters. The zero-order valence-corrected chi connectivity index (χ0v) is 66.0. The fourth-order valence-corrected chi connectivity index (χ4v) is 12.2. The van der Waals surface area contributed by atoms with Gasteiger partial charge in [-0.15, -0.1) is 0 Å². The van der Waals surface area contributed by atoms with Crippen LogP contribution in [-0.2, 0) is 65.4 Å². The number of hydrogen-bond donors (Lipinski definition) is 3. The Labute approximate surface area is 619 Å². The molecular weight excluding hydrogens is 1330 g/mol. The number of hydrogen-bond acceptors (Lipinski definition) is 15. The number of rotatable bonds is 75. The molecule has 0 aromatic carbocycles. The SMILES string of the molecule is CC/C=C\C/C=C\C/C=C\C/C=C\C/C=C\CCCCCC(=O)OCC(COP(=O)(O)OCC(O)COP(=O)(O)OCC(COC(=O)CCCCCCC/C=C\CCCCCC)OC(=O)CCCCCCCCCCCCCCC)OC(=O)CCCCCCCCC/C=C\C/C=C\C/C=C\CC. The van der Waals surface area contributed by atoms with E-state index in [4.69, 9.17) is 37.0 Å². The normalized spacial score (nSPS) is 14.5. The molecule has 0 heterocycles. The number of esters is 4. The van der Waals surface area contributed by atoms with Gasteiger partial charge in [-0.05, 0) is 128 Å². The van der Waals surface area contributed by atoms with Crippen molar-refractivity contribution in [3.05, 3.63) is 109 Å². The van der Waals surface area contributed by atoms with Gasteiger partial charge in [-0.1, -0.05) is 291 Å². The smallest absolute Gasteiger partial charge is 0.462 e. The van der Waals surface area contributed by atoms with Gasteiger partial charge in [0.05, 0.1) is 26.4 Å². The van der Waals surface area contributed by atoms with Crippen LogP contribution in [-0.4, -0.2) is 96.7 Å². The van der Waals surface area contributed by atoms with Crippen molar-refractivity contribution >= 4 is 39.5 Å². The van der Waals surface area contributed by atoms with Gasteiger partial charge in [0.2, 0.25) is 0 Å². The van der Waals surface area contributed by atoms with E-state index >= 15 is 0 Å². The number of allylic oxidation sites excluding steroid dienone is 18. The quantitative estimate of drug-likeness (QED) is 0.0169. The lowest BCUT2D eigenvalue weighted by molar-refractivity contribution is -0.161. The van der Waals surface area contributed by atoms with Gasteiger partial charge in [0, 0.05) is 25.7 Å². The van der Waals surface area contributed by atoms with Gasteiger partial charge in [0.25, 0.3) is 0 Å². The van der Waals surface area contributed by atoms with E-state index in [0.717, 1.165) is 180 Å². The molecule has 0 aromatic heterocycles. The fourth-order valence-electron chi connectivity index (χ4n) is 10.7. The van der Waals surface area contributed by atoms with Gasteiger partial charge in [-0.25, -0.2) is 9.13 Å². The molecule has 0 saturated carbocycles. The van der Waals surface area contributed by atoms with E-state index in [-0.39, 0.29) is 25.7 Å². The molecule has 0 aliphatic rings. The molecule has 0 bridgehead atoms. The summed E-state index contributed by atoms with van der Waals surface area (Å²) >= 11 is 0. The number of aliphatic hydroxyl groups excluding tert-OH is 1. The van der Waals surface area contributed by atoms with Crippen molar-refractivity contribution < 1.29 is 80.2 Å². The molecule has 588 valence electrons. The number of unbranched alkanes of at least 4 members (excludes halogenated alkanes) is 31. The zero-order valence-electron chi connectivity index (χ0n) is 64.3. The lowest BCUT2D eigenvalue weighted by Gasteiger charge is -2.21. The summed E-state index contributed by atoms with van der Waals surface area (Å²) in [6, 6.07) is 0. The Morgan fingerprint density at radius 3 is 0.814 bits per heavy atom. The summed E-state index contributed by atoms with van der Waals surface area (Å²) in [6.07, 6.45) is 80.6. The van der Waals surface area contributed by atoms with Crippen molar-refractivity contribution in [2.24, 2.45) is 0 Å². The maximum atomic E-state index is 13.1. The van der Waals surface area contributed by atoms with Gasteiger partial charge in [0.1, 0.15) is 19.3 Å². The number of phosphoric ester groups is 2. The third-order valence-corrected chi connectivity index (χ3v) is 18.6. The Bertz CT molecular complexity index is 2360. The third-order valence-electron chi connectivity index (χ3n) is 16.7. The first-order valence-electron chi connectivity index (χ1n) is 40.1. The van der Waals surface area contributed by atoms with Crippen LogP contribution in [0.2, 0.25) is 0 Å². The van der Waals surface area contributed by atoms with E-state index in [1.54, 1.807) is 0 Å². The Hall–Kier alpha value is -4.28. The Morgan fingerprint density at radius 2 is 0.510 bits per heavy atom.